The van der Waals surface area contributed by atoms with Gasteiger partial charge >= 0.3 is 0 Å². The molecule has 1 heterocycles. The first-order chi connectivity index (χ1) is 8.00. The van der Waals surface area contributed by atoms with Crippen LogP contribution in [0.5, 0.6) is 0 Å². The van der Waals surface area contributed by atoms with E-state index in [1.165, 1.54) is 4.90 Å². The lowest BCUT2D eigenvalue weighted by molar-refractivity contribution is -0.120. The van der Waals surface area contributed by atoms with Crippen LogP contribution in [0.4, 0.5) is 11.4 Å². The van der Waals surface area contributed by atoms with Gasteiger partial charge in [-0.1, -0.05) is 6.58 Å². The lowest BCUT2D eigenvalue weighted by Crippen LogP contribution is -2.28. The topological polar surface area (TPSA) is 40.6 Å². The van der Waals surface area contributed by atoms with E-state index in [1.807, 2.05) is 31.1 Å². The van der Waals surface area contributed by atoms with Gasteiger partial charge in [-0.3, -0.25) is 9.59 Å². The molecule has 4 heteroatoms. The van der Waals surface area contributed by atoms with Crippen LogP contribution in [0.3, 0.4) is 0 Å². The lowest BCUT2D eigenvalue weighted by atomic mass is 10.2. The van der Waals surface area contributed by atoms with Crippen LogP contribution < -0.4 is 9.80 Å². The summed E-state index contributed by atoms with van der Waals surface area (Å²) in [6, 6.07) is 7.28. The van der Waals surface area contributed by atoms with Crippen molar-refractivity contribution in [2.45, 2.75) is 6.42 Å². The maximum atomic E-state index is 11.7. The van der Waals surface area contributed by atoms with Crippen molar-refractivity contribution in [3.8, 4) is 0 Å². The van der Waals surface area contributed by atoms with Crippen molar-refractivity contribution in [2.75, 3.05) is 23.9 Å². The molecule has 0 aliphatic carbocycles. The Bertz CT molecular complexity index is 489. The van der Waals surface area contributed by atoms with Crippen LogP contribution >= 0.6 is 0 Å². The average molecular weight is 230 g/mol. The lowest BCUT2D eigenvalue weighted by Gasteiger charge is -2.16. The normalized spacial score (nSPS) is 15.6. The maximum absolute atomic E-state index is 11.7. The van der Waals surface area contributed by atoms with Gasteiger partial charge in [-0.15, -0.1) is 0 Å². The summed E-state index contributed by atoms with van der Waals surface area (Å²) in [6.07, 6.45) is 0.119. The van der Waals surface area contributed by atoms with E-state index in [2.05, 4.69) is 6.58 Å². The molecule has 0 N–H and O–H groups in total. The van der Waals surface area contributed by atoms with Crippen LogP contribution in [-0.2, 0) is 9.59 Å². The molecule has 0 spiro atoms. The van der Waals surface area contributed by atoms with Gasteiger partial charge in [-0.2, -0.15) is 0 Å². The molecule has 1 aliphatic rings. The van der Waals surface area contributed by atoms with E-state index in [1.54, 1.807) is 12.1 Å². The molecule has 1 aromatic carbocycles. The van der Waals surface area contributed by atoms with Crippen molar-refractivity contribution < 1.29 is 9.59 Å². The zero-order chi connectivity index (χ0) is 12.6. The SMILES string of the molecule is C=C1CC(=O)N(c2ccc(N(C)C)cc2)C1=O. The molecule has 1 aliphatic heterocycles. The van der Waals surface area contributed by atoms with Gasteiger partial charge in [0.05, 0.1) is 12.1 Å². The molecule has 2 rings (SSSR count). The molecule has 0 aromatic heterocycles. The van der Waals surface area contributed by atoms with Crippen molar-refractivity contribution in [1.82, 2.24) is 0 Å². The molecule has 0 bridgehead atoms. The Balaban J connectivity index is 2.32. The Kier molecular flexibility index (Phi) is 2.71. The summed E-state index contributed by atoms with van der Waals surface area (Å²) in [4.78, 5) is 26.5. The fourth-order valence-corrected chi connectivity index (χ4v) is 1.77. The molecule has 0 saturated carbocycles. The summed E-state index contributed by atoms with van der Waals surface area (Å²) in [7, 11) is 3.87. The predicted octanol–water partition coefficient (Wildman–Crippen LogP) is 1.57. The first kappa shape index (κ1) is 11.4. The van der Waals surface area contributed by atoms with Crippen molar-refractivity contribution >= 4 is 23.2 Å². The highest BCUT2D eigenvalue weighted by Crippen LogP contribution is 2.26. The fraction of sp³-hybridized carbons (Fsp3) is 0.231. The van der Waals surface area contributed by atoms with Crippen LogP contribution in [0.1, 0.15) is 6.42 Å². The third kappa shape index (κ3) is 1.93. The van der Waals surface area contributed by atoms with E-state index >= 15 is 0 Å². The summed E-state index contributed by atoms with van der Waals surface area (Å²) in [6.45, 7) is 3.59. The summed E-state index contributed by atoms with van der Waals surface area (Å²) < 4.78 is 0. The van der Waals surface area contributed by atoms with E-state index in [-0.39, 0.29) is 18.2 Å². The number of carbonyl (C=O) groups is 2. The zero-order valence-electron chi connectivity index (χ0n) is 9.93. The first-order valence-corrected chi connectivity index (χ1v) is 5.33. The minimum atomic E-state index is -0.299. The highest BCUT2D eigenvalue weighted by Gasteiger charge is 2.33. The predicted molar refractivity (Wildman–Crippen MR) is 67.0 cm³/mol. The van der Waals surface area contributed by atoms with Gasteiger partial charge in [-0.05, 0) is 24.3 Å². The monoisotopic (exact) mass is 230 g/mol. The number of hydrogen-bond acceptors (Lipinski definition) is 3. The second kappa shape index (κ2) is 4.05. The highest BCUT2D eigenvalue weighted by atomic mass is 16.2. The van der Waals surface area contributed by atoms with Crippen LogP contribution in [-0.4, -0.2) is 25.9 Å². The molecular weight excluding hydrogens is 216 g/mol. The van der Waals surface area contributed by atoms with Gasteiger partial charge in [0.25, 0.3) is 5.91 Å². The number of hydrogen-bond donors (Lipinski definition) is 0. The number of rotatable bonds is 2. The Labute approximate surface area is 100 Å². The Morgan fingerprint density at radius 3 is 2.18 bits per heavy atom. The molecular formula is C13H14N2O2. The van der Waals surface area contributed by atoms with Gasteiger partial charge in [0.2, 0.25) is 5.91 Å². The van der Waals surface area contributed by atoms with Crippen molar-refractivity contribution in [2.24, 2.45) is 0 Å². The number of imide groups is 1. The second-order valence-electron chi connectivity index (χ2n) is 4.23. The number of anilines is 2. The van der Waals surface area contributed by atoms with Gasteiger partial charge in [0.15, 0.2) is 0 Å². The minimum Gasteiger partial charge on any atom is -0.378 e. The first-order valence-electron chi connectivity index (χ1n) is 5.33. The summed E-state index contributed by atoms with van der Waals surface area (Å²) in [5.41, 5.74) is 1.97. The molecule has 0 radical (unpaired) electrons. The summed E-state index contributed by atoms with van der Waals surface area (Å²) in [5, 5.41) is 0. The van der Waals surface area contributed by atoms with E-state index in [0.717, 1.165) is 5.69 Å². The molecule has 1 saturated heterocycles. The largest absolute Gasteiger partial charge is 0.378 e. The van der Waals surface area contributed by atoms with Crippen LogP contribution in [0.25, 0.3) is 0 Å². The van der Waals surface area contributed by atoms with Crippen LogP contribution in [0, 0.1) is 0 Å². The smallest absolute Gasteiger partial charge is 0.260 e. The zero-order valence-corrected chi connectivity index (χ0v) is 9.93. The summed E-state index contributed by atoms with van der Waals surface area (Å²) in [5.74, 6) is -0.509. The molecule has 1 aromatic rings. The van der Waals surface area contributed by atoms with E-state index < -0.39 is 0 Å². The Hall–Kier alpha value is -2.10. The highest BCUT2D eigenvalue weighted by molar-refractivity contribution is 6.27. The van der Waals surface area contributed by atoms with Gasteiger partial charge in [0, 0.05) is 25.4 Å². The Morgan fingerprint density at radius 1 is 1.18 bits per heavy atom. The molecule has 17 heavy (non-hydrogen) atoms. The van der Waals surface area contributed by atoms with E-state index in [0.29, 0.717) is 11.3 Å². The molecule has 88 valence electrons. The summed E-state index contributed by atoms with van der Waals surface area (Å²) >= 11 is 0. The van der Waals surface area contributed by atoms with E-state index in [9.17, 15) is 9.59 Å². The number of benzene rings is 1. The van der Waals surface area contributed by atoms with Gasteiger partial charge in [-0.25, -0.2) is 4.90 Å². The van der Waals surface area contributed by atoms with Crippen molar-refractivity contribution in [3.63, 3.8) is 0 Å². The van der Waals surface area contributed by atoms with Crippen molar-refractivity contribution in [3.05, 3.63) is 36.4 Å². The van der Waals surface area contributed by atoms with Crippen LogP contribution in [0.15, 0.2) is 36.4 Å². The molecule has 1 fully saturated rings. The molecule has 0 unspecified atom stereocenters. The minimum absolute atomic E-state index is 0.119. The molecule has 2 amide bonds. The second-order valence-corrected chi connectivity index (χ2v) is 4.23. The average Bonchev–Trinajstić information content (AvgIpc) is 2.53. The number of nitrogens with zero attached hydrogens (tertiary/aromatic N) is 2. The van der Waals surface area contributed by atoms with Crippen LogP contribution in [0.2, 0.25) is 0 Å². The number of amides is 2. The van der Waals surface area contributed by atoms with Crippen molar-refractivity contribution in [1.29, 1.82) is 0 Å². The van der Waals surface area contributed by atoms with E-state index in [4.69, 9.17) is 0 Å². The maximum Gasteiger partial charge on any atom is 0.260 e. The Morgan fingerprint density at radius 2 is 1.76 bits per heavy atom. The fourth-order valence-electron chi connectivity index (χ4n) is 1.77. The number of carbonyl (C=O) groups excluding carboxylic acids is 2. The standard InChI is InChI=1S/C13H14N2O2/c1-9-8-12(16)15(13(9)17)11-6-4-10(5-7-11)14(2)3/h4-7H,1,8H2,2-3H3. The molecule has 4 nitrogen and oxygen atoms in total. The molecule has 0 atom stereocenters. The third-order valence-electron chi connectivity index (χ3n) is 2.74. The van der Waals surface area contributed by atoms with Gasteiger partial charge < -0.3 is 4.90 Å². The third-order valence-corrected chi connectivity index (χ3v) is 2.74. The quantitative estimate of drug-likeness (QED) is 0.572. The van der Waals surface area contributed by atoms with Gasteiger partial charge in [0.1, 0.15) is 0 Å².